The third-order valence-corrected chi connectivity index (χ3v) is 4.15. The van der Waals surface area contributed by atoms with E-state index < -0.39 is 5.97 Å². The first-order valence-corrected chi connectivity index (χ1v) is 6.93. The van der Waals surface area contributed by atoms with Crippen LogP contribution in [0.3, 0.4) is 0 Å². The van der Waals surface area contributed by atoms with Crippen LogP contribution in [0.15, 0.2) is 0 Å². The summed E-state index contributed by atoms with van der Waals surface area (Å²) in [5.74, 6) is 2.23. The van der Waals surface area contributed by atoms with Gasteiger partial charge >= 0.3 is 5.97 Å². The average molecular weight is 265 g/mol. The van der Waals surface area contributed by atoms with Crippen molar-refractivity contribution in [3.63, 3.8) is 0 Å². The monoisotopic (exact) mass is 265 g/mol. The number of nitrogens with two attached hydrogens (primary N) is 1. The Morgan fingerprint density at radius 3 is 2.63 bits per heavy atom. The van der Waals surface area contributed by atoms with Gasteiger partial charge in [0.05, 0.1) is 7.11 Å². The van der Waals surface area contributed by atoms with E-state index in [0.717, 1.165) is 18.3 Å². The molecule has 19 heavy (non-hydrogen) atoms. The molecule has 0 saturated heterocycles. The lowest BCUT2D eigenvalue weighted by Crippen LogP contribution is -2.19. The number of hydrogen-bond donors (Lipinski definition) is 1. The Bertz CT molecular complexity index is 460. The zero-order valence-electron chi connectivity index (χ0n) is 12.0. The molecule has 1 aliphatic rings. The third kappa shape index (κ3) is 2.91. The second-order valence-electron chi connectivity index (χ2n) is 5.62. The number of methoxy groups -OCH3 is 1. The summed E-state index contributed by atoms with van der Waals surface area (Å²) in [6.07, 6.45) is 5.02. The van der Waals surface area contributed by atoms with Crippen molar-refractivity contribution < 1.29 is 9.53 Å². The third-order valence-electron chi connectivity index (χ3n) is 4.15. The first kappa shape index (κ1) is 13.9. The summed E-state index contributed by atoms with van der Waals surface area (Å²) in [4.78, 5) is 15.8. The first-order chi connectivity index (χ1) is 9.02. The highest BCUT2D eigenvalue weighted by Crippen LogP contribution is 2.30. The van der Waals surface area contributed by atoms with E-state index in [9.17, 15) is 4.79 Å². The van der Waals surface area contributed by atoms with Gasteiger partial charge in [-0.15, -0.1) is 0 Å². The number of carbonyl (C=O) groups is 1. The summed E-state index contributed by atoms with van der Waals surface area (Å²) in [5.41, 5.74) is 6.26. The number of nitrogen functional groups attached to an aromatic ring is 1. The van der Waals surface area contributed by atoms with E-state index in [0.29, 0.717) is 11.7 Å². The van der Waals surface area contributed by atoms with Gasteiger partial charge in [-0.05, 0) is 31.6 Å². The number of ether oxygens (including phenoxy) is 1. The molecule has 2 N–H and O–H groups in total. The lowest BCUT2D eigenvalue weighted by Gasteiger charge is -2.27. The Morgan fingerprint density at radius 2 is 2.05 bits per heavy atom. The molecule has 2 rings (SSSR count). The highest BCUT2D eigenvalue weighted by molar-refractivity contribution is 5.92. The predicted octanol–water partition coefficient (Wildman–Crippen LogP) is 2.39. The van der Waals surface area contributed by atoms with Crippen LogP contribution in [0.1, 0.15) is 48.9 Å². The van der Waals surface area contributed by atoms with Crippen molar-refractivity contribution in [3.05, 3.63) is 11.5 Å². The van der Waals surface area contributed by atoms with E-state index >= 15 is 0 Å². The van der Waals surface area contributed by atoms with Gasteiger partial charge in [-0.1, -0.05) is 19.8 Å². The molecule has 106 valence electrons. The topological polar surface area (TPSA) is 70.1 Å². The van der Waals surface area contributed by atoms with Gasteiger partial charge in [0.2, 0.25) is 0 Å². The van der Waals surface area contributed by atoms with Crippen LogP contribution >= 0.6 is 0 Å². The number of aromatic nitrogens is 2. The minimum atomic E-state index is -0.461. The molecule has 0 unspecified atom stereocenters. The molecule has 0 aromatic carbocycles. The second-order valence-corrected chi connectivity index (χ2v) is 5.62. The van der Waals surface area contributed by atoms with E-state index in [-0.39, 0.29) is 5.69 Å². The molecule has 5 nitrogen and oxygen atoms in total. The number of aryl methyl sites for hydroxylation is 1. The Kier molecular flexibility index (Phi) is 4.12. The van der Waals surface area contributed by atoms with E-state index in [1.54, 1.807) is 0 Å². The molecule has 0 radical (unpaired) electrons. The van der Waals surface area contributed by atoms with Crippen molar-refractivity contribution in [1.29, 1.82) is 0 Å². The lowest BCUT2D eigenvalue weighted by atomic mass is 9.83. The second kappa shape index (κ2) is 5.63. The molecule has 1 fully saturated rings. The molecular formula is C14H23N3O2. The zero-order valence-corrected chi connectivity index (χ0v) is 12.0. The number of imidazole rings is 1. The maximum Gasteiger partial charge on any atom is 0.360 e. The summed E-state index contributed by atoms with van der Waals surface area (Å²) < 4.78 is 6.65. The Morgan fingerprint density at radius 1 is 1.42 bits per heavy atom. The number of anilines is 1. The van der Waals surface area contributed by atoms with Gasteiger partial charge < -0.3 is 15.0 Å². The Labute approximate surface area is 114 Å². The SMILES string of the molecule is COC(=O)c1nc(C)n(CC2CCC(C)CC2)c1N. The van der Waals surface area contributed by atoms with E-state index in [4.69, 9.17) is 10.5 Å². The van der Waals surface area contributed by atoms with Gasteiger partial charge in [0, 0.05) is 6.54 Å². The van der Waals surface area contributed by atoms with Crippen molar-refractivity contribution in [3.8, 4) is 0 Å². The molecule has 1 aromatic rings. The van der Waals surface area contributed by atoms with E-state index in [2.05, 4.69) is 11.9 Å². The number of nitrogens with zero attached hydrogens (tertiary/aromatic N) is 2. The maximum atomic E-state index is 11.6. The van der Waals surface area contributed by atoms with Crippen LogP contribution in [0.25, 0.3) is 0 Å². The number of hydrogen-bond acceptors (Lipinski definition) is 4. The van der Waals surface area contributed by atoms with E-state index in [1.165, 1.54) is 32.8 Å². The Hall–Kier alpha value is -1.52. The molecule has 1 heterocycles. The lowest BCUT2D eigenvalue weighted by molar-refractivity contribution is 0.0595. The van der Waals surface area contributed by atoms with Crippen molar-refractivity contribution in [2.24, 2.45) is 11.8 Å². The summed E-state index contributed by atoms with van der Waals surface area (Å²) in [6, 6.07) is 0. The predicted molar refractivity (Wildman–Crippen MR) is 73.8 cm³/mol. The summed E-state index contributed by atoms with van der Waals surface area (Å²) in [6.45, 7) is 5.05. The van der Waals surface area contributed by atoms with Crippen molar-refractivity contribution >= 4 is 11.8 Å². The van der Waals surface area contributed by atoms with E-state index in [1.807, 2.05) is 11.5 Å². The van der Waals surface area contributed by atoms with Gasteiger partial charge in [-0.25, -0.2) is 9.78 Å². The van der Waals surface area contributed by atoms with Crippen LogP contribution in [-0.4, -0.2) is 22.6 Å². The fourth-order valence-electron chi connectivity index (χ4n) is 2.83. The van der Waals surface area contributed by atoms with Crippen LogP contribution in [0, 0.1) is 18.8 Å². The molecule has 0 spiro atoms. The molecular weight excluding hydrogens is 242 g/mol. The zero-order chi connectivity index (χ0) is 14.0. The molecule has 1 saturated carbocycles. The number of esters is 1. The quantitative estimate of drug-likeness (QED) is 0.852. The highest BCUT2D eigenvalue weighted by atomic mass is 16.5. The van der Waals surface area contributed by atoms with Crippen LogP contribution in [0.5, 0.6) is 0 Å². The molecule has 0 amide bonds. The molecule has 0 aliphatic heterocycles. The van der Waals surface area contributed by atoms with Crippen molar-refractivity contribution in [2.45, 2.75) is 46.1 Å². The van der Waals surface area contributed by atoms with Crippen molar-refractivity contribution in [1.82, 2.24) is 9.55 Å². The Balaban J connectivity index is 2.12. The van der Waals surface area contributed by atoms with Crippen LogP contribution in [-0.2, 0) is 11.3 Å². The van der Waals surface area contributed by atoms with Crippen LogP contribution in [0.2, 0.25) is 0 Å². The van der Waals surface area contributed by atoms with Crippen LogP contribution in [0.4, 0.5) is 5.82 Å². The normalized spacial score (nSPS) is 23.3. The minimum absolute atomic E-state index is 0.240. The number of rotatable bonds is 3. The van der Waals surface area contributed by atoms with Gasteiger partial charge in [0.1, 0.15) is 11.6 Å². The molecule has 1 aromatic heterocycles. The van der Waals surface area contributed by atoms with Gasteiger partial charge in [0.25, 0.3) is 0 Å². The first-order valence-electron chi connectivity index (χ1n) is 6.93. The summed E-state index contributed by atoms with van der Waals surface area (Å²) in [5, 5.41) is 0. The van der Waals surface area contributed by atoms with Gasteiger partial charge in [-0.3, -0.25) is 0 Å². The maximum absolute atomic E-state index is 11.6. The average Bonchev–Trinajstić information content (AvgIpc) is 2.68. The number of carbonyl (C=O) groups excluding carboxylic acids is 1. The molecule has 5 heteroatoms. The fraction of sp³-hybridized carbons (Fsp3) is 0.714. The standard InChI is InChI=1S/C14H23N3O2/c1-9-4-6-11(7-5-9)8-17-10(2)16-12(13(17)15)14(18)19-3/h9,11H,4-8,15H2,1-3H3. The van der Waals surface area contributed by atoms with Crippen molar-refractivity contribution in [2.75, 3.05) is 12.8 Å². The highest BCUT2D eigenvalue weighted by Gasteiger charge is 2.23. The molecule has 1 aliphatic carbocycles. The van der Waals surface area contributed by atoms with Gasteiger partial charge in [-0.2, -0.15) is 0 Å². The molecule has 0 bridgehead atoms. The fourth-order valence-corrected chi connectivity index (χ4v) is 2.83. The smallest absolute Gasteiger partial charge is 0.360 e. The molecule has 0 atom stereocenters. The summed E-state index contributed by atoms with van der Waals surface area (Å²) >= 11 is 0. The largest absolute Gasteiger partial charge is 0.464 e. The summed E-state index contributed by atoms with van der Waals surface area (Å²) in [7, 11) is 1.35. The minimum Gasteiger partial charge on any atom is -0.464 e. The van der Waals surface area contributed by atoms with Crippen LogP contribution < -0.4 is 5.73 Å². The van der Waals surface area contributed by atoms with Gasteiger partial charge in [0.15, 0.2) is 5.69 Å².